The molecule has 7 heteroatoms. The van der Waals surface area contributed by atoms with Crippen LogP contribution in [0, 0.1) is 0 Å². The molecule has 0 bridgehead atoms. The van der Waals surface area contributed by atoms with E-state index < -0.39 is 5.41 Å². The highest BCUT2D eigenvalue weighted by Crippen LogP contribution is 2.39. The molecule has 0 atom stereocenters. The molecule has 1 fully saturated rings. The summed E-state index contributed by atoms with van der Waals surface area (Å²) in [4.78, 5) is 28.0. The highest BCUT2D eigenvalue weighted by molar-refractivity contribution is 6.31. The van der Waals surface area contributed by atoms with Gasteiger partial charge in [0.05, 0.1) is 5.41 Å². The average molecular weight is 368 g/mol. The molecule has 1 N–H and O–H groups in total. The lowest BCUT2D eigenvalue weighted by molar-refractivity contribution is -0.140. The molecule has 0 radical (unpaired) electrons. The number of hydrogen-bond donors (Lipinski definition) is 1. The van der Waals surface area contributed by atoms with Crippen LogP contribution < -0.4 is 5.32 Å². The Kier molecular flexibility index (Phi) is 6.67. The zero-order valence-corrected chi connectivity index (χ0v) is 15.8. The molecule has 25 heavy (non-hydrogen) atoms. The smallest absolute Gasteiger partial charge is 0.316 e. The van der Waals surface area contributed by atoms with E-state index in [1.807, 2.05) is 24.3 Å². The molecule has 3 amide bonds. The summed E-state index contributed by atoms with van der Waals surface area (Å²) in [6.07, 6.45) is 1.20. The number of hydrogen-bond acceptors (Lipinski definition) is 3. The molecule has 1 aliphatic heterocycles. The first kappa shape index (κ1) is 19.5. The zero-order chi connectivity index (χ0) is 18.4. The minimum atomic E-state index is -0.670. The Bertz CT molecular complexity index is 615. The van der Waals surface area contributed by atoms with Crippen LogP contribution in [-0.4, -0.2) is 69.2 Å². The zero-order valence-electron chi connectivity index (χ0n) is 15.0. The average Bonchev–Trinajstić information content (AvgIpc) is 2.61. The van der Waals surface area contributed by atoms with Crippen molar-refractivity contribution in [2.75, 3.05) is 47.4 Å². The molecule has 0 aromatic heterocycles. The summed E-state index contributed by atoms with van der Waals surface area (Å²) in [5, 5.41) is 3.38. The monoisotopic (exact) mass is 367 g/mol. The normalized spacial score (nSPS) is 16.2. The van der Waals surface area contributed by atoms with Gasteiger partial charge in [0.2, 0.25) is 5.91 Å². The van der Waals surface area contributed by atoms with Crippen molar-refractivity contribution in [2.24, 2.45) is 0 Å². The lowest BCUT2D eigenvalue weighted by Crippen LogP contribution is -2.50. The highest BCUT2D eigenvalue weighted by atomic mass is 35.5. The van der Waals surface area contributed by atoms with Gasteiger partial charge in [0.15, 0.2) is 0 Å². The molecule has 1 aromatic carbocycles. The number of carbonyl (C=O) groups is 2. The summed E-state index contributed by atoms with van der Waals surface area (Å²) in [6, 6.07) is 7.34. The molecule has 0 aliphatic carbocycles. The van der Waals surface area contributed by atoms with E-state index in [1.54, 1.807) is 26.0 Å². The third-order valence-electron chi connectivity index (χ3n) is 4.62. The number of ether oxygens (including phenoxy) is 1. The van der Waals surface area contributed by atoms with Crippen molar-refractivity contribution >= 4 is 23.5 Å². The van der Waals surface area contributed by atoms with E-state index in [0.29, 0.717) is 44.2 Å². The first-order valence-corrected chi connectivity index (χ1v) is 8.80. The summed E-state index contributed by atoms with van der Waals surface area (Å²) < 4.78 is 5.48. The van der Waals surface area contributed by atoms with Gasteiger partial charge in [0, 0.05) is 52.5 Å². The first-order valence-electron chi connectivity index (χ1n) is 8.42. The van der Waals surface area contributed by atoms with Crippen LogP contribution >= 0.6 is 11.6 Å². The fourth-order valence-corrected chi connectivity index (χ4v) is 3.44. The van der Waals surface area contributed by atoms with Crippen molar-refractivity contribution in [3.05, 3.63) is 34.9 Å². The lowest BCUT2D eigenvalue weighted by atomic mass is 9.73. The maximum absolute atomic E-state index is 13.3. The molecule has 0 saturated carbocycles. The quantitative estimate of drug-likeness (QED) is 0.867. The maximum atomic E-state index is 13.3. The van der Waals surface area contributed by atoms with Crippen LogP contribution in [0.4, 0.5) is 4.79 Å². The van der Waals surface area contributed by atoms with Crippen LogP contribution in [0.2, 0.25) is 5.02 Å². The van der Waals surface area contributed by atoms with Gasteiger partial charge in [-0.25, -0.2) is 4.79 Å². The second kappa shape index (κ2) is 8.54. The summed E-state index contributed by atoms with van der Waals surface area (Å²) in [5.74, 6) is 0.0167. The number of rotatable bonds is 5. The van der Waals surface area contributed by atoms with Crippen LogP contribution in [0.5, 0.6) is 0 Å². The molecule has 1 heterocycles. The summed E-state index contributed by atoms with van der Waals surface area (Å²) in [5.41, 5.74) is 0.186. The first-order chi connectivity index (χ1) is 11.9. The number of nitrogens with zero attached hydrogens (tertiary/aromatic N) is 2. The maximum Gasteiger partial charge on any atom is 0.316 e. The van der Waals surface area contributed by atoms with Crippen molar-refractivity contribution in [3.63, 3.8) is 0 Å². The van der Waals surface area contributed by atoms with Crippen LogP contribution in [-0.2, 0) is 14.9 Å². The van der Waals surface area contributed by atoms with E-state index in [4.69, 9.17) is 16.3 Å². The van der Waals surface area contributed by atoms with Crippen molar-refractivity contribution in [2.45, 2.75) is 18.3 Å². The fraction of sp³-hybridized carbons (Fsp3) is 0.556. The Morgan fingerprint density at radius 2 is 1.84 bits per heavy atom. The van der Waals surface area contributed by atoms with E-state index >= 15 is 0 Å². The number of amides is 3. The molecule has 0 unspecified atom stereocenters. The van der Waals surface area contributed by atoms with Crippen molar-refractivity contribution in [3.8, 4) is 0 Å². The number of urea groups is 1. The predicted octanol–water partition coefficient (Wildman–Crippen LogP) is 2.12. The van der Waals surface area contributed by atoms with Gasteiger partial charge >= 0.3 is 6.03 Å². The highest BCUT2D eigenvalue weighted by Gasteiger charge is 2.44. The van der Waals surface area contributed by atoms with Crippen LogP contribution in [0.25, 0.3) is 0 Å². The van der Waals surface area contributed by atoms with Crippen molar-refractivity contribution in [1.29, 1.82) is 0 Å². The third kappa shape index (κ3) is 4.44. The van der Waals surface area contributed by atoms with Gasteiger partial charge in [-0.1, -0.05) is 29.8 Å². The Hall–Kier alpha value is -1.79. The van der Waals surface area contributed by atoms with Gasteiger partial charge in [-0.3, -0.25) is 4.79 Å². The topological polar surface area (TPSA) is 61.9 Å². The Morgan fingerprint density at radius 3 is 2.44 bits per heavy atom. The van der Waals surface area contributed by atoms with Crippen molar-refractivity contribution in [1.82, 2.24) is 15.1 Å². The van der Waals surface area contributed by atoms with E-state index in [0.717, 1.165) is 5.56 Å². The molecule has 6 nitrogen and oxygen atoms in total. The van der Waals surface area contributed by atoms with Crippen LogP contribution in [0.1, 0.15) is 18.4 Å². The van der Waals surface area contributed by atoms with E-state index in [2.05, 4.69) is 5.32 Å². The van der Waals surface area contributed by atoms with Crippen LogP contribution in [0.3, 0.4) is 0 Å². The molecular formula is C18H26ClN3O3. The Morgan fingerprint density at radius 1 is 1.20 bits per heavy atom. The van der Waals surface area contributed by atoms with Gasteiger partial charge in [-0.05, 0) is 24.5 Å². The number of likely N-dealkylation sites (N-methyl/N-ethyl adjacent to an activating group) is 1. The predicted molar refractivity (Wildman–Crippen MR) is 97.9 cm³/mol. The standard InChI is InChI=1S/C18H26ClN3O3/c1-21(2)17(24)20-10-11-22(3)16(23)18(8-12-25-13-9-18)14-6-4-5-7-15(14)19/h4-7H,8-13H2,1-3H3,(H,20,24). The second-order valence-electron chi connectivity index (χ2n) is 6.53. The van der Waals surface area contributed by atoms with Crippen molar-refractivity contribution < 1.29 is 14.3 Å². The molecule has 1 aromatic rings. The van der Waals surface area contributed by atoms with Gasteiger partial charge < -0.3 is 19.9 Å². The lowest BCUT2D eigenvalue weighted by Gasteiger charge is -2.39. The van der Waals surface area contributed by atoms with E-state index in [-0.39, 0.29) is 11.9 Å². The largest absolute Gasteiger partial charge is 0.381 e. The third-order valence-corrected chi connectivity index (χ3v) is 4.95. The minimum Gasteiger partial charge on any atom is -0.381 e. The molecule has 0 spiro atoms. The number of benzene rings is 1. The Balaban J connectivity index is 2.14. The number of carbonyl (C=O) groups excluding carboxylic acids is 2. The van der Waals surface area contributed by atoms with Gasteiger partial charge in [-0.15, -0.1) is 0 Å². The molecule has 1 aliphatic rings. The second-order valence-corrected chi connectivity index (χ2v) is 6.93. The summed E-state index contributed by atoms with van der Waals surface area (Å²) in [6.45, 7) is 1.89. The van der Waals surface area contributed by atoms with Gasteiger partial charge in [0.1, 0.15) is 0 Å². The number of nitrogens with one attached hydrogen (secondary N) is 1. The summed E-state index contributed by atoms with van der Waals surface area (Å²) >= 11 is 6.40. The summed E-state index contributed by atoms with van der Waals surface area (Å²) in [7, 11) is 5.12. The van der Waals surface area contributed by atoms with E-state index in [1.165, 1.54) is 4.90 Å². The molecular weight excluding hydrogens is 342 g/mol. The minimum absolute atomic E-state index is 0.0167. The van der Waals surface area contributed by atoms with Crippen LogP contribution in [0.15, 0.2) is 24.3 Å². The Labute approximate surface area is 154 Å². The SMILES string of the molecule is CN(C)C(=O)NCCN(C)C(=O)C1(c2ccccc2Cl)CCOCC1. The van der Waals surface area contributed by atoms with E-state index in [9.17, 15) is 9.59 Å². The number of halogens is 1. The molecule has 2 rings (SSSR count). The molecule has 138 valence electrons. The molecule has 1 saturated heterocycles. The van der Waals surface area contributed by atoms with Gasteiger partial charge in [0.25, 0.3) is 0 Å². The van der Waals surface area contributed by atoms with Gasteiger partial charge in [-0.2, -0.15) is 0 Å². The fourth-order valence-electron chi connectivity index (χ4n) is 3.12.